The monoisotopic (exact) mass is 166 g/mol. The summed E-state index contributed by atoms with van der Waals surface area (Å²) >= 11 is 4.70. The highest BCUT2D eigenvalue weighted by molar-refractivity contribution is 7.79. The van der Waals surface area contributed by atoms with Crippen LogP contribution in [0.25, 0.3) is 0 Å². The number of rotatable bonds is 3. The van der Waals surface area contributed by atoms with E-state index in [0.29, 0.717) is 0 Å². The Hall–Kier alpha value is -0.800. The van der Waals surface area contributed by atoms with E-state index in [9.17, 15) is 0 Å². The van der Waals surface area contributed by atoms with Gasteiger partial charge in [-0.2, -0.15) is 0 Å². The van der Waals surface area contributed by atoms with Gasteiger partial charge in [0.25, 0.3) is 0 Å². The van der Waals surface area contributed by atoms with E-state index in [2.05, 4.69) is 4.98 Å². The lowest BCUT2D eigenvalue weighted by Crippen LogP contribution is -2.23. The van der Waals surface area contributed by atoms with Crippen LogP contribution in [-0.4, -0.2) is 16.4 Å². The van der Waals surface area contributed by atoms with Crippen molar-refractivity contribution in [2.75, 3.05) is 0 Å². The molecule has 0 saturated carbocycles. The Bertz CT molecular complexity index is 223. The summed E-state index contributed by atoms with van der Waals surface area (Å²) in [6, 6.07) is 5.71. The third-order valence-electron chi connectivity index (χ3n) is 1.35. The number of aromatic nitrogens is 1. The molecule has 1 aromatic heterocycles. The normalized spacial score (nSPS) is 12.5. The van der Waals surface area contributed by atoms with Gasteiger partial charge in [-0.1, -0.05) is 18.3 Å². The Labute approximate surface area is 71.4 Å². The van der Waals surface area contributed by atoms with E-state index >= 15 is 0 Å². The summed E-state index contributed by atoms with van der Waals surface area (Å²) in [5.41, 5.74) is 6.59. The van der Waals surface area contributed by atoms with Crippen LogP contribution in [0.5, 0.6) is 0 Å². The topological polar surface area (TPSA) is 38.9 Å². The molecule has 0 aliphatic rings. The van der Waals surface area contributed by atoms with Crippen molar-refractivity contribution < 1.29 is 0 Å². The van der Waals surface area contributed by atoms with Crippen LogP contribution in [0.3, 0.4) is 0 Å². The first kappa shape index (κ1) is 8.30. The molecule has 2 N–H and O–H groups in total. The van der Waals surface area contributed by atoms with E-state index < -0.39 is 0 Å². The number of nitrogens with two attached hydrogens (primary N) is 1. The van der Waals surface area contributed by atoms with Gasteiger partial charge in [-0.15, -0.1) is 0 Å². The quantitative estimate of drug-likeness (QED) is 0.679. The highest BCUT2D eigenvalue weighted by Gasteiger charge is 1.98. The Balaban J connectivity index is 2.57. The average Bonchev–Trinajstić information content (AvgIpc) is 2.06. The summed E-state index contributed by atoms with van der Waals surface area (Å²) in [4.78, 5) is 4.12. The SMILES string of the molecule is NC(C=S)Cc1ccccn1. The zero-order chi connectivity index (χ0) is 8.10. The molecule has 0 fully saturated rings. The summed E-state index contributed by atoms with van der Waals surface area (Å²) < 4.78 is 0. The first-order valence-electron chi connectivity index (χ1n) is 3.43. The standard InChI is InChI=1S/C8H10N2S/c9-7(6-11)5-8-3-1-2-4-10-8/h1-4,6-7H,5,9H2. The predicted molar refractivity (Wildman–Crippen MR) is 49.6 cm³/mol. The number of thiocarbonyl (C=S) groups is 1. The van der Waals surface area contributed by atoms with E-state index in [1.165, 1.54) is 0 Å². The van der Waals surface area contributed by atoms with Crippen LogP contribution in [0.15, 0.2) is 24.4 Å². The summed E-state index contributed by atoms with van der Waals surface area (Å²) in [6.07, 6.45) is 2.48. The van der Waals surface area contributed by atoms with Crippen LogP contribution in [0, 0.1) is 0 Å². The van der Waals surface area contributed by atoms with E-state index in [1.807, 2.05) is 18.2 Å². The van der Waals surface area contributed by atoms with Crippen LogP contribution in [0.2, 0.25) is 0 Å². The first-order chi connectivity index (χ1) is 5.33. The van der Waals surface area contributed by atoms with Crippen molar-refractivity contribution in [3.05, 3.63) is 30.1 Å². The maximum atomic E-state index is 5.61. The van der Waals surface area contributed by atoms with Gasteiger partial charge in [-0.05, 0) is 17.5 Å². The zero-order valence-electron chi connectivity index (χ0n) is 6.10. The molecule has 1 heterocycles. The number of hydrogen-bond acceptors (Lipinski definition) is 3. The maximum Gasteiger partial charge on any atom is 0.0422 e. The van der Waals surface area contributed by atoms with Gasteiger partial charge in [-0.25, -0.2) is 0 Å². The van der Waals surface area contributed by atoms with Crippen LogP contribution in [-0.2, 0) is 6.42 Å². The summed E-state index contributed by atoms with van der Waals surface area (Å²) in [6.45, 7) is 0. The number of hydrogen-bond donors (Lipinski definition) is 1. The van der Waals surface area contributed by atoms with Gasteiger partial charge in [0.15, 0.2) is 0 Å². The Morgan fingerprint density at radius 2 is 2.45 bits per heavy atom. The molecular weight excluding hydrogens is 156 g/mol. The van der Waals surface area contributed by atoms with Gasteiger partial charge in [-0.3, -0.25) is 4.98 Å². The fourth-order valence-electron chi connectivity index (χ4n) is 0.808. The summed E-state index contributed by atoms with van der Waals surface area (Å²) in [5.74, 6) is 0. The molecule has 0 saturated heterocycles. The Morgan fingerprint density at radius 3 is 3.00 bits per heavy atom. The minimum absolute atomic E-state index is 0.0556. The van der Waals surface area contributed by atoms with Crippen LogP contribution in [0.1, 0.15) is 5.69 Å². The molecule has 0 aliphatic carbocycles. The Morgan fingerprint density at radius 1 is 1.64 bits per heavy atom. The first-order valence-corrected chi connectivity index (χ1v) is 3.91. The van der Waals surface area contributed by atoms with Gasteiger partial charge in [0.2, 0.25) is 0 Å². The molecule has 58 valence electrons. The summed E-state index contributed by atoms with van der Waals surface area (Å²) in [5, 5.41) is 1.56. The Kier molecular flexibility index (Phi) is 3.14. The molecule has 1 atom stereocenters. The van der Waals surface area contributed by atoms with Crippen molar-refractivity contribution in [1.82, 2.24) is 4.98 Å². The summed E-state index contributed by atoms with van der Waals surface area (Å²) in [7, 11) is 0. The molecule has 2 nitrogen and oxygen atoms in total. The fraction of sp³-hybridized carbons (Fsp3) is 0.250. The molecule has 11 heavy (non-hydrogen) atoms. The minimum atomic E-state index is -0.0556. The van der Waals surface area contributed by atoms with Gasteiger partial charge >= 0.3 is 0 Å². The third kappa shape index (κ3) is 2.74. The number of nitrogens with zero attached hydrogens (tertiary/aromatic N) is 1. The lowest BCUT2D eigenvalue weighted by atomic mass is 10.2. The zero-order valence-corrected chi connectivity index (χ0v) is 6.92. The molecule has 0 amide bonds. The van der Waals surface area contributed by atoms with Crippen molar-refractivity contribution in [2.45, 2.75) is 12.5 Å². The predicted octanol–water partition coefficient (Wildman–Crippen LogP) is 0.951. The molecule has 0 spiro atoms. The van der Waals surface area contributed by atoms with E-state index in [-0.39, 0.29) is 6.04 Å². The molecule has 0 radical (unpaired) electrons. The van der Waals surface area contributed by atoms with Gasteiger partial charge in [0, 0.05) is 24.4 Å². The fourth-order valence-corrected chi connectivity index (χ4v) is 0.905. The molecular formula is C8H10N2S. The third-order valence-corrected chi connectivity index (χ3v) is 1.70. The van der Waals surface area contributed by atoms with Gasteiger partial charge in [0.1, 0.15) is 0 Å². The van der Waals surface area contributed by atoms with Crippen LogP contribution >= 0.6 is 12.2 Å². The second kappa shape index (κ2) is 4.16. The largest absolute Gasteiger partial charge is 0.323 e. The lowest BCUT2D eigenvalue weighted by Gasteiger charge is -2.02. The molecule has 0 bridgehead atoms. The highest BCUT2D eigenvalue weighted by atomic mass is 32.1. The second-order valence-corrected chi connectivity index (χ2v) is 2.60. The van der Waals surface area contributed by atoms with Crippen molar-refractivity contribution >= 4 is 17.6 Å². The molecule has 3 heteroatoms. The van der Waals surface area contributed by atoms with Crippen molar-refractivity contribution in [3.8, 4) is 0 Å². The van der Waals surface area contributed by atoms with Crippen molar-refractivity contribution in [3.63, 3.8) is 0 Å². The maximum absolute atomic E-state index is 5.61. The van der Waals surface area contributed by atoms with E-state index in [1.54, 1.807) is 11.6 Å². The van der Waals surface area contributed by atoms with E-state index in [0.717, 1.165) is 12.1 Å². The van der Waals surface area contributed by atoms with Crippen LogP contribution < -0.4 is 5.73 Å². The second-order valence-electron chi connectivity index (χ2n) is 2.33. The lowest BCUT2D eigenvalue weighted by molar-refractivity contribution is 0.843. The molecule has 0 aliphatic heterocycles. The smallest absolute Gasteiger partial charge is 0.0422 e. The number of pyridine rings is 1. The minimum Gasteiger partial charge on any atom is -0.323 e. The molecule has 1 aromatic rings. The average molecular weight is 166 g/mol. The highest BCUT2D eigenvalue weighted by Crippen LogP contribution is 1.95. The molecule has 1 rings (SSSR count). The molecule has 0 aromatic carbocycles. The van der Waals surface area contributed by atoms with Crippen molar-refractivity contribution in [1.29, 1.82) is 0 Å². The van der Waals surface area contributed by atoms with Gasteiger partial charge < -0.3 is 5.73 Å². The van der Waals surface area contributed by atoms with Crippen LogP contribution in [0.4, 0.5) is 0 Å². The van der Waals surface area contributed by atoms with Gasteiger partial charge in [0.05, 0.1) is 0 Å². The molecule has 1 unspecified atom stereocenters. The van der Waals surface area contributed by atoms with Crippen molar-refractivity contribution in [2.24, 2.45) is 5.73 Å². The van der Waals surface area contributed by atoms with E-state index in [4.69, 9.17) is 18.0 Å².